The Morgan fingerprint density at radius 2 is 2.07 bits per heavy atom. The highest BCUT2D eigenvalue weighted by Crippen LogP contribution is 2.42. The summed E-state index contributed by atoms with van der Waals surface area (Å²) in [5.41, 5.74) is 3.24. The fourth-order valence-electron chi connectivity index (χ4n) is 4.17. The van der Waals surface area contributed by atoms with Crippen LogP contribution in [0.25, 0.3) is 16.7 Å². The first-order chi connectivity index (χ1) is 13.7. The second-order valence-corrected chi connectivity index (χ2v) is 7.31. The minimum absolute atomic E-state index is 0.297. The molecule has 0 aliphatic heterocycles. The van der Waals surface area contributed by atoms with Gasteiger partial charge in [-0.25, -0.2) is 24.9 Å². The summed E-state index contributed by atoms with van der Waals surface area (Å²) in [6.45, 7) is 2.27. The Morgan fingerprint density at radius 3 is 2.89 bits per heavy atom. The van der Waals surface area contributed by atoms with Crippen LogP contribution in [0.15, 0.2) is 42.0 Å². The lowest BCUT2D eigenvalue weighted by atomic mass is 9.97. The molecular formula is C20H18N8. The molecule has 4 aromatic heterocycles. The van der Waals surface area contributed by atoms with Gasteiger partial charge in [0.2, 0.25) is 0 Å². The van der Waals surface area contributed by atoms with Crippen LogP contribution in [0.5, 0.6) is 0 Å². The van der Waals surface area contributed by atoms with Gasteiger partial charge in [0.15, 0.2) is 17.2 Å². The number of imidazole rings is 1. The summed E-state index contributed by atoms with van der Waals surface area (Å²) in [5, 5.41) is 8.80. The minimum atomic E-state index is 0.297. The molecule has 8 heteroatoms. The van der Waals surface area contributed by atoms with E-state index in [1.54, 1.807) is 0 Å². The zero-order valence-corrected chi connectivity index (χ0v) is 15.3. The van der Waals surface area contributed by atoms with E-state index in [1.165, 1.54) is 12.4 Å². The second kappa shape index (κ2) is 6.53. The largest absolute Gasteiger partial charge is 0.345 e. The Morgan fingerprint density at radius 1 is 1.18 bits per heavy atom. The normalized spacial score (nSPS) is 22.4. The van der Waals surface area contributed by atoms with Gasteiger partial charge in [0.1, 0.15) is 11.9 Å². The van der Waals surface area contributed by atoms with Crippen molar-refractivity contribution in [2.75, 3.05) is 0 Å². The molecule has 5 rings (SSSR count). The number of aromatic amines is 1. The Balaban J connectivity index is 1.41. The lowest BCUT2D eigenvalue weighted by molar-refractivity contribution is 0.509. The molecule has 28 heavy (non-hydrogen) atoms. The molecule has 1 saturated carbocycles. The Bertz CT molecular complexity index is 1210. The van der Waals surface area contributed by atoms with Crippen molar-refractivity contribution in [3.8, 4) is 6.07 Å². The van der Waals surface area contributed by atoms with Crippen molar-refractivity contribution in [3.05, 3.63) is 48.6 Å². The molecular weight excluding hydrogens is 352 g/mol. The molecule has 0 radical (unpaired) electrons. The molecule has 0 saturated heterocycles. The number of H-pyrrole nitrogens is 1. The maximum absolute atomic E-state index is 8.80. The molecule has 4 aromatic rings. The van der Waals surface area contributed by atoms with Gasteiger partial charge >= 0.3 is 0 Å². The van der Waals surface area contributed by atoms with E-state index in [4.69, 9.17) is 10.2 Å². The van der Waals surface area contributed by atoms with Crippen molar-refractivity contribution in [3.63, 3.8) is 0 Å². The number of hydrogen-bond donors (Lipinski definition) is 1. The summed E-state index contributed by atoms with van der Waals surface area (Å²) in [6.07, 6.45) is 12.6. The van der Waals surface area contributed by atoms with E-state index in [9.17, 15) is 0 Å². The van der Waals surface area contributed by atoms with Gasteiger partial charge in [-0.05, 0) is 30.7 Å². The molecule has 1 fully saturated rings. The zero-order chi connectivity index (χ0) is 19.1. The van der Waals surface area contributed by atoms with Crippen LogP contribution in [0.2, 0.25) is 0 Å². The van der Waals surface area contributed by atoms with Crippen molar-refractivity contribution < 1.29 is 0 Å². The highest BCUT2D eigenvalue weighted by atomic mass is 15.1. The third kappa shape index (κ3) is 2.72. The highest BCUT2D eigenvalue weighted by molar-refractivity contribution is 5.75. The van der Waals surface area contributed by atoms with E-state index in [2.05, 4.69) is 36.3 Å². The van der Waals surface area contributed by atoms with Crippen molar-refractivity contribution in [1.29, 1.82) is 5.26 Å². The van der Waals surface area contributed by atoms with E-state index < -0.39 is 0 Å². The van der Waals surface area contributed by atoms with Gasteiger partial charge in [-0.3, -0.25) is 4.40 Å². The molecule has 1 aliphatic rings. The van der Waals surface area contributed by atoms with Crippen LogP contribution < -0.4 is 0 Å². The third-order valence-electron chi connectivity index (χ3n) is 5.51. The monoisotopic (exact) mass is 370 g/mol. The van der Waals surface area contributed by atoms with Gasteiger partial charge in [0, 0.05) is 18.3 Å². The smallest absolute Gasteiger partial charge is 0.170 e. The van der Waals surface area contributed by atoms with Crippen LogP contribution >= 0.6 is 0 Å². The SMILES string of the molecule is C[C@@H]1CC(/C=N/c2cnc(C#N)cn2)C[C@@H]1c1ncc2cnc3[nH]ccc3n12. The van der Waals surface area contributed by atoms with Gasteiger partial charge in [-0.15, -0.1) is 0 Å². The first kappa shape index (κ1) is 16.6. The number of nitriles is 1. The van der Waals surface area contributed by atoms with Crippen molar-refractivity contribution in [1.82, 2.24) is 29.3 Å². The zero-order valence-electron chi connectivity index (χ0n) is 15.3. The quantitative estimate of drug-likeness (QED) is 0.556. The highest BCUT2D eigenvalue weighted by Gasteiger charge is 2.34. The molecule has 0 bridgehead atoms. The predicted octanol–water partition coefficient (Wildman–Crippen LogP) is 3.40. The Hall–Kier alpha value is -3.60. The average molecular weight is 370 g/mol. The van der Waals surface area contributed by atoms with Crippen LogP contribution in [0.1, 0.15) is 37.2 Å². The first-order valence-corrected chi connectivity index (χ1v) is 9.28. The molecule has 0 amide bonds. The number of hydrogen-bond acceptors (Lipinski definition) is 6. The topological polar surface area (TPSA) is 108 Å². The molecule has 4 heterocycles. The van der Waals surface area contributed by atoms with Gasteiger partial charge in [0.25, 0.3) is 0 Å². The molecule has 138 valence electrons. The van der Waals surface area contributed by atoms with Crippen LogP contribution in [0.4, 0.5) is 5.82 Å². The second-order valence-electron chi connectivity index (χ2n) is 7.31. The number of rotatable bonds is 3. The van der Waals surface area contributed by atoms with E-state index in [1.807, 2.05) is 36.9 Å². The summed E-state index contributed by atoms with van der Waals surface area (Å²) in [4.78, 5) is 25.0. The molecule has 3 atom stereocenters. The van der Waals surface area contributed by atoms with Crippen LogP contribution in [-0.2, 0) is 0 Å². The van der Waals surface area contributed by atoms with Crippen molar-refractivity contribution in [2.45, 2.75) is 25.7 Å². The van der Waals surface area contributed by atoms with E-state index in [0.717, 1.165) is 35.3 Å². The third-order valence-corrected chi connectivity index (χ3v) is 5.51. The molecule has 1 unspecified atom stereocenters. The fourth-order valence-corrected chi connectivity index (χ4v) is 4.17. The van der Waals surface area contributed by atoms with Crippen LogP contribution in [0.3, 0.4) is 0 Å². The fraction of sp³-hybridized carbons (Fsp3) is 0.300. The van der Waals surface area contributed by atoms with Crippen LogP contribution in [0, 0.1) is 23.2 Å². The number of aliphatic imine (C=N–C) groups is 1. The van der Waals surface area contributed by atoms with Crippen molar-refractivity contribution >= 4 is 28.7 Å². The van der Waals surface area contributed by atoms with Gasteiger partial charge in [0.05, 0.1) is 35.8 Å². The minimum Gasteiger partial charge on any atom is -0.345 e. The summed E-state index contributed by atoms with van der Waals surface area (Å²) in [7, 11) is 0. The lowest BCUT2D eigenvalue weighted by Crippen LogP contribution is -2.07. The van der Waals surface area contributed by atoms with E-state index in [-0.39, 0.29) is 0 Å². The summed E-state index contributed by atoms with van der Waals surface area (Å²) >= 11 is 0. The lowest BCUT2D eigenvalue weighted by Gasteiger charge is -2.14. The van der Waals surface area contributed by atoms with Crippen LogP contribution in [-0.4, -0.2) is 35.5 Å². The summed E-state index contributed by atoms with van der Waals surface area (Å²) in [6, 6.07) is 4.01. The maximum atomic E-state index is 8.80. The van der Waals surface area contributed by atoms with Gasteiger partial charge in [-0.2, -0.15) is 5.26 Å². The Labute approximate surface area is 161 Å². The summed E-state index contributed by atoms with van der Waals surface area (Å²) < 4.78 is 2.21. The average Bonchev–Trinajstić information content (AvgIpc) is 3.43. The standard InChI is InChI=1S/C20H18N8/c1-12-4-13(7-24-18-11-23-14(6-21)8-25-18)5-16(12)20-27-10-15-9-26-19-17(28(15)20)2-3-22-19/h2-3,7-13,16,22H,4-5H2,1H3/b24-7+/t12-,13?,16+/m1/s1. The number of nitrogens with zero attached hydrogens (tertiary/aromatic N) is 7. The Kier molecular flexibility index (Phi) is 3.86. The van der Waals surface area contributed by atoms with Gasteiger partial charge in [-0.1, -0.05) is 6.92 Å². The predicted molar refractivity (Wildman–Crippen MR) is 104 cm³/mol. The molecule has 8 nitrogen and oxygen atoms in total. The molecule has 1 aliphatic carbocycles. The first-order valence-electron chi connectivity index (χ1n) is 9.28. The summed E-state index contributed by atoms with van der Waals surface area (Å²) in [5.74, 6) is 2.82. The van der Waals surface area contributed by atoms with Gasteiger partial charge < -0.3 is 4.98 Å². The number of aromatic nitrogens is 6. The molecule has 1 N–H and O–H groups in total. The number of nitrogens with one attached hydrogen (secondary N) is 1. The number of fused-ring (bicyclic) bond motifs is 3. The maximum Gasteiger partial charge on any atom is 0.170 e. The van der Waals surface area contributed by atoms with E-state index >= 15 is 0 Å². The van der Waals surface area contributed by atoms with E-state index in [0.29, 0.717) is 29.3 Å². The molecule has 0 aromatic carbocycles. The molecule has 0 spiro atoms. The van der Waals surface area contributed by atoms with Crippen molar-refractivity contribution in [2.24, 2.45) is 16.8 Å².